The Morgan fingerprint density at radius 1 is 0.818 bits per heavy atom. The molecule has 0 bridgehead atoms. The third kappa shape index (κ3) is 3.98. The fourth-order valence-corrected chi connectivity index (χ4v) is 6.84. The molecule has 3 aliphatic rings. The van der Waals surface area contributed by atoms with Crippen molar-refractivity contribution in [3.05, 3.63) is 41.2 Å². The molecule has 178 valence electrons. The summed E-state index contributed by atoms with van der Waals surface area (Å²) in [5, 5.41) is 0. The van der Waals surface area contributed by atoms with Gasteiger partial charge in [0.05, 0.1) is 6.61 Å². The number of unbranched alkanes of at least 4 members (excludes halogenated alkanes) is 2. The summed E-state index contributed by atoms with van der Waals surface area (Å²) in [4.78, 5) is 0. The fourth-order valence-electron chi connectivity index (χ4n) is 6.84. The van der Waals surface area contributed by atoms with E-state index in [1.165, 1.54) is 44.9 Å². The molecule has 3 aliphatic carbocycles. The molecular weight excluding hydrogens is 421 g/mol. The second-order valence-corrected chi connectivity index (χ2v) is 10.5. The maximum absolute atomic E-state index is 15.3. The van der Waals surface area contributed by atoms with Crippen LogP contribution in [0.4, 0.5) is 13.2 Å². The maximum Gasteiger partial charge on any atom is 0.173 e. The van der Waals surface area contributed by atoms with E-state index in [1.807, 2.05) is 0 Å². The van der Waals surface area contributed by atoms with Crippen LogP contribution in [0.25, 0.3) is 22.3 Å². The van der Waals surface area contributed by atoms with E-state index in [1.54, 1.807) is 25.1 Å². The molecule has 4 atom stereocenters. The van der Waals surface area contributed by atoms with Crippen LogP contribution >= 0.6 is 0 Å². The third-order valence-corrected chi connectivity index (χ3v) is 8.56. The highest BCUT2D eigenvalue weighted by atomic mass is 19.2. The van der Waals surface area contributed by atoms with Crippen molar-refractivity contribution < 1.29 is 17.9 Å². The minimum Gasteiger partial charge on any atom is -0.491 e. The molecule has 5 rings (SSSR count). The van der Waals surface area contributed by atoms with Crippen molar-refractivity contribution in [1.29, 1.82) is 0 Å². The molecule has 2 fully saturated rings. The maximum atomic E-state index is 15.3. The molecule has 0 spiro atoms. The van der Waals surface area contributed by atoms with Gasteiger partial charge in [0.15, 0.2) is 23.2 Å². The second kappa shape index (κ2) is 9.35. The fraction of sp³-hybridized carbons (Fsp3) is 0.586. The summed E-state index contributed by atoms with van der Waals surface area (Å²) in [7, 11) is 0. The predicted octanol–water partition coefficient (Wildman–Crippen LogP) is 9.03. The number of halogens is 3. The van der Waals surface area contributed by atoms with Crippen molar-refractivity contribution in [3.8, 4) is 28.0 Å². The summed E-state index contributed by atoms with van der Waals surface area (Å²) in [6.07, 6.45) is 12.1. The van der Waals surface area contributed by atoms with Crippen molar-refractivity contribution in [2.45, 2.75) is 84.0 Å². The Morgan fingerprint density at radius 3 is 2.36 bits per heavy atom. The van der Waals surface area contributed by atoms with E-state index >= 15 is 8.78 Å². The smallest absolute Gasteiger partial charge is 0.173 e. The number of hydrogen-bond acceptors (Lipinski definition) is 1. The quantitative estimate of drug-likeness (QED) is 0.322. The Kier molecular flexibility index (Phi) is 6.46. The van der Waals surface area contributed by atoms with Crippen molar-refractivity contribution in [1.82, 2.24) is 0 Å². The van der Waals surface area contributed by atoms with Crippen LogP contribution in [0.15, 0.2) is 18.2 Å². The lowest BCUT2D eigenvalue weighted by molar-refractivity contribution is 0.112. The Balaban J connectivity index is 1.33. The van der Waals surface area contributed by atoms with Crippen LogP contribution in [-0.4, -0.2) is 6.61 Å². The van der Waals surface area contributed by atoms with Gasteiger partial charge in [-0.15, -0.1) is 0 Å². The van der Waals surface area contributed by atoms with E-state index < -0.39 is 17.5 Å². The third-order valence-electron chi connectivity index (χ3n) is 8.56. The Hall–Kier alpha value is -1.97. The summed E-state index contributed by atoms with van der Waals surface area (Å²) < 4.78 is 50.6. The van der Waals surface area contributed by atoms with Crippen LogP contribution in [0.1, 0.15) is 89.5 Å². The molecule has 0 aliphatic heterocycles. The molecule has 4 heteroatoms. The van der Waals surface area contributed by atoms with Gasteiger partial charge in [-0.2, -0.15) is 0 Å². The molecule has 0 amide bonds. The molecule has 2 aromatic rings. The van der Waals surface area contributed by atoms with Crippen LogP contribution < -0.4 is 4.74 Å². The molecule has 0 radical (unpaired) electrons. The van der Waals surface area contributed by atoms with Crippen LogP contribution in [0.3, 0.4) is 0 Å². The van der Waals surface area contributed by atoms with Gasteiger partial charge in [0.1, 0.15) is 0 Å². The van der Waals surface area contributed by atoms with E-state index in [0.29, 0.717) is 29.2 Å². The van der Waals surface area contributed by atoms with Crippen molar-refractivity contribution >= 4 is 0 Å². The number of hydrogen-bond donors (Lipinski definition) is 0. The standard InChI is InChI=1S/C29H35F3O/c1-3-5-6-7-17-8-9-19-15-20(11-10-18(19)14-17)22-16-23-21-12-13-24(33-4-2)28(31)25(21)26(23)29(32)27(22)30/h12-13,16-20H,3-11,14-15H2,1-2H3. The largest absolute Gasteiger partial charge is 0.491 e. The lowest BCUT2D eigenvalue weighted by atomic mass is 9.63. The van der Waals surface area contributed by atoms with Crippen LogP contribution in [0, 0.1) is 35.2 Å². The number of fused-ring (bicyclic) bond motifs is 5. The molecule has 2 saturated carbocycles. The van der Waals surface area contributed by atoms with E-state index in [4.69, 9.17) is 4.74 Å². The highest BCUT2D eigenvalue weighted by molar-refractivity contribution is 6.03. The average molecular weight is 457 g/mol. The number of ether oxygens (including phenoxy) is 1. The first-order chi connectivity index (χ1) is 16.0. The van der Waals surface area contributed by atoms with Crippen molar-refractivity contribution in [2.75, 3.05) is 6.61 Å². The molecule has 2 aromatic carbocycles. The molecule has 0 N–H and O–H groups in total. The minimum absolute atomic E-state index is 0.0549. The molecule has 1 nitrogen and oxygen atoms in total. The topological polar surface area (TPSA) is 9.23 Å². The zero-order chi connectivity index (χ0) is 23.1. The summed E-state index contributed by atoms with van der Waals surface area (Å²) in [6.45, 7) is 4.35. The summed E-state index contributed by atoms with van der Waals surface area (Å²) >= 11 is 0. The highest BCUT2D eigenvalue weighted by Gasteiger charge is 2.39. The summed E-state index contributed by atoms with van der Waals surface area (Å²) in [5.74, 6) is 0.0959. The molecule has 4 unspecified atom stereocenters. The highest BCUT2D eigenvalue weighted by Crippen LogP contribution is 2.55. The van der Waals surface area contributed by atoms with Gasteiger partial charge >= 0.3 is 0 Å². The van der Waals surface area contributed by atoms with Crippen LogP contribution in [0.5, 0.6) is 5.75 Å². The van der Waals surface area contributed by atoms with E-state index in [9.17, 15) is 4.39 Å². The lowest BCUT2D eigenvalue weighted by Crippen LogP contribution is -2.31. The lowest BCUT2D eigenvalue weighted by Gasteiger charge is -2.43. The molecule has 33 heavy (non-hydrogen) atoms. The van der Waals surface area contributed by atoms with Gasteiger partial charge in [-0.25, -0.2) is 13.2 Å². The first kappa shape index (κ1) is 22.8. The average Bonchev–Trinajstić information content (AvgIpc) is 2.81. The molecular formula is C29H35F3O. The van der Waals surface area contributed by atoms with Crippen molar-refractivity contribution in [2.24, 2.45) is 17.8 Å². The van der Waals surface area contributed by atoms with Gasteiger partial charge in [0.2, 0.25) is 0 Å². The van der Waals surface area contributed by atoms with Crippen molar-refractivity contribution in [3.63, 3.8) is 0 Å². The molecule has 0 aromatic heterocycles. The van der Waals surface area contributed by atoms with E-state index in [0.717, 1.165) is 31.1 Å². The van der Waals surface area contributed by atoms with Gasteiger partial charge in [-0.05, 0) is 97.6 Å². The van der Waals surface area contributed by atoms with E-state index in [-0.39, 0.29) is 22.8 Å². The predicted molar refractivity (Wildman–Crippen MR) is 127 cm³/mol. The Bertz CT molecular complexity index is 1030. The SMILES string of the molecule is CCCCCC1CCC2CC(c3cc4c(c(F)c3F)-c3c-4ccc(OCC)c3F)CCC2C1. The summed E-state index contributed by atoms with van der Waals surface area (Å²) in [6, 6.07) is 5.16. The summed E-state index contributed by atoms with van der Waals surface area (Å²) in [5.41, 5.74) is 2.03. The Labute approximate surface area is 195 Å². The zero-order valence-electron chi connectivity index (χ0n) is 19.9. The number of benzene rings is 2. The zero-order valence-corrected chi connectivity index (χ0v) is 19.9. The molecule has 0 heterocycles. The first-order valence-electron chi connectivity index (χ1n) is 13.0. The monoisotopic (exact) mass is 456 g/mol. The number of rotatable bonds is 7. The minimum atomic E-state index is -0.899. The van der Waals surface area contributed by atoms with Gasteiger partial charge in [-0.3, -0.25) is 0 Å². The van der Waals surface area contributed by atoms with Gasteiger partial charge in [0, 0.05) is 11.1 Å². The van der Waals surface area contributed by atoms with Gasteiger partial charge in [0.25, 0.3) is 0 Å². The first-order valence-corrected chi connectivity index (χ1v) is 13.0. The van der Waals surface area contributed by atoms with Crippen LogP contribution in [0.2, 0.25) is 0 Å². The van der Waals surface area contributed by atoms with Crippen LogP contribution in [-0.2, 0) is 0 Å². The van der Waals surface area contributed by atoms with Gasteiger partial charge < -0.3 is 4.74 Å². The van der Waals surface area contributed by atoms with E-state index in [2.05, 4.69) is 6.92 Å². The normalized spacial score (nSPS) is 25.6. The second-order valence-electron chi connectivity index (χ2n) is 10.5. The Morgan fingerprint density at radius 2 is 1.58 bits per heavy atom. The van der Waals surface area contributed by atoms with Gasteiger partial charge in [-0.1, -0.05) is 39.0 Å². The molecule has 0 saturated heterocycles.